The molecule has 1 fully saturated rings. The van der Waals surface area contributed by atoms with E-state index in [9.17, 15) is 0 Å². The summed E-state index contributed by atoms with van der Waals surface area (Å²) in [6.45, 7) is 2.23. The molecule has 1 aromatic rings. The predicted molar refractivity (Wildman–Crippen MR) is 61.2 cm³/mol. The highest BCUT2D eigenvalue weighted by atomic mass is 16.5. The fourth-order valence-corrected chi connectivity index (χ4v) is 2.03. The summed E-state index contributed by atoms with van der Waals surface area (Å²) in [6.07, 6.45) is 1.07. The molecule has 3 rings (SSSR count). The number of benzene rings is 1. The van der Waals surface area contributed by atoms with E-state index in [0.29, 0.717) is 12.3 Å². The lowest BCUT2D eigenvalue weighted by Crippen LogP contribution is -2.16. The second kappa shape index (κ2) is 3.84. The Labute approximate surface area is 93.9 Å². The summed E-state index contributed by atoms with van der Waals surface area (Å²) in [6, 6.07) is 3.90. The van der Waals surface area contributed by atoms with Gasteiger partial charge in [0.1, 0.15) is 11.9 Å². The molecule has 4 N–H and O–H groups in total. The van der Waals surface area contributed by atoms with Crippen LogP contribution in [0.5, 0.6) is 5.75 Å². The molecule has 0 bridgehead atoms. The molecule has 2 aliphatic rings. The van der Waals surface area contributed by atoms with Crippen molar-refractivity contribution in [3.63, 3.8) is 0 Å². The molecule has 2 aliphatic heterocycles. The van der Waals surface area contributed by atoms with Gasteiger partial charge in [-0.25, -0.2) is 5.43 Å². The fraction of sp³-hybridized carbons (Fsp3) is 0.455. The highest BCUT2D eigenvalue weighted by Crippen LogP contribution is 2.32. The second-order valence-electron chi connectivity index (χ2n) is 4.13. The van der Waals surface area contributed by atoms with E-state index in [1.807, 2.05) is 12.1 Å². The number of hydrazine groups is 1. The van der Waals surface area contributed by atoms with E-state index in [4.69, 9.17) is 15.2 Å². The van der Waals surface area contributed by atoms with Gasteiger partial charge < -0.3 is 20.6 Å². The molecule has 0 spiro atoms. The van der Waals surface area contributed by atoms with Crippen LogP contribution in [-0.4, -0.2) is 19.3 Å². The summed E-state index contributed by atoms with van der Waals surface area (Å²) in [4.78, 5) is 0. The van der Waals surface area contributed by atoms with Gasteiger partial charge in [0, 0.05) is 19.0 Å². The van der Waals surface area contributed by atoms with Crippen molar-refractivity contribution in [3.8, 4) is 5.75 Å². The van der Waals surface area contributed by atoms with Crippen LogP contribution >= 0.6 is 0 Å². The van der Waals surface area contributed by atoms with Gasteiger partial charge in [-0.2, -0.15) is 0 Å². The number of ether oxygens (including phenoxy) is 2. The van der Waals surface area contributed by atoms with Gasteiger partial charge in [0.2, 0.25) is 0 Å². The number of anilines is 2. The minimum atomic E-state index is 0.134. The van der Waals surface area contributed by atoms with Crippen molar-refractivity contribution in [2.45, 2.75) is 19.1 Å². The first-order chi connectivity index (χ1) is 7.83. The Balaban J connectivity index is 1.83. The maximum absolute atomic E-state index is 5.95. The Hall–Kier alpha value is -1.46. The zero-order valence-electron chi connectivity index (χ0n) is 8.95. The zero-order chi connectivity index (χ0) is 11.0. The largest absolute Gasteiger partial charge is 0.486 e. The third-order valence-electron chi connectivity index (χ3n) is 2.92. The summed E-state index contributed by atoms with van der Waals surface area (Å²) in [5, 5.41) is 0. The Bertz CT molecular complexity index is 402. The van der Waals surface area contributed by atoms with Gasteiger partial charge in [-0.15, -0.1) is 0 Å². The van der Waals surface area contributed by atoms with Crippen LogP contribution in [-0.2, 0) is 11.3 Å². The maximum atomic E-state index is 5.95. The first-order valence-corrected chi connectivity index (χ1v) is 5.48. The zero-order valence-corrected chi connectivity index (χ0v) is 8.95. The lowest BCUT2D eigenvalue weighted by atomic mass is 10.1. The highest BCUT2D eigenvalue weighted by molar-refractivity contribution is 5.67. The Kier molecular flexibility index (Phi) is 2.34. The molecule has 1 saturated heterocycles. The van der Waals surface area contributed by atoms with E-state index in [2.05, 4.69) is 10.9 Å². The summed E-state index contributed by atoms with van der Waals surface area (Å²) in [5.41, 5.74) is 15.0. The molecule has 0 radical (unpaired) electrons. The first-order valence-electron chi connectivity index (χ1n) is 5.48. The molecule has 0 amide bonds. The van der Waals surface area contributed by atoms with Crippen molar-refractivity contribution in [1.82, 2.24) is 5.43 Å². The lowest BCUT2D eigenvalue weighted by Gasteiger charge is -2.14. The molecule has 0 aliphatic carbocycles. The van der Waals surface area contributed by atoms with E-state index >= 15 is 0 Å². The van der Waals surface area contributed by atoms with Crippen molar-refractivity contribution in [2.75, 3.05) is 24.4 Å². The van der Waals surface area contributed by atoms with Gasteiger partial charge in [-0.1, -0.05) is 0 Å². The number of nitrogens with two attached hydrogens (primary N) is 1. The maximum Gasteiger partial charge on any atom is 0.144 e. The van der Waals surface area contributed by atoms with Crippen LogP contribution < -0.4 is 21.3 Å². The minimum absolute atomic E-state index is 0.134. The van der Waals surface area contributed by atoms with Gasteiger partial charge in [0.25, 0.3) is 0 Å². The van der Waals surface area contributed by atoms with Gasteiger partial charge in [0.05, 0.1) is 24.6 Å². The molecule has 16 heavy (non-hydrogen) atoms. The summed E-state index contributed by atoms with van der Waals surface area (Å²) < 4.78 is 11.1. The number of hydrogen-bond donors (Lipinski definition) is 3. The standard InChI is InChI=1S/C11H15N3O2/c12-9-3-7-5-13-14-10(7)4-11(9)16-8-1-2-15-6-8/h3-4,8,13-14H,1-2,5-6,12H2/t8-/m0/s1. The molecule has 5 heteroatoms. The summed E-state index contributed by atoms with van der Waals surface area (Å²) in [5.74, 6) is 0.741. The average Bonchev–Trinajstić information content (AvgIpc) is 2.89. The molecule has 2 heterocycles. The van der Waals surface area contributed by atoms with Crippen molar-refractivity contribution in [2.24, 2.45) is 0 Å². The molecule has 5 nitrogen and oxygen atoms in total. The number of nitrogen functional groups attached to an aromatic ring is 1. The molecule has 0 aromatic heterocycles. The summed E-state index contributed by atoms with van der Waals surface area (Å²) >= 11 is 0. The highest BCUT2D eigenvalue weighted by Gasteiger charge is 2.20. The molecular weight excluding hydrogens is 206 g/mol. The normalized spacial score (nSPS) is 22.9. The van der Waals surface area contributed by atoms with Crippen molar-refractivity contribution in [3.05, 3.63) is 17.7 Å². The van der Waals surface area contributed by atoms with Crippen LogP contribution in [0.3, 0.4) is 0 Å². The predicted octanol–water partition coefficient (Wildman–Crippen LogP) is 0.867. The Morgan fingerprint density at radius 1 is 1.44 bits per heavy atom. The second-order valence-corrected chi connectivity index (χ2v) is 4.13. The van der Waals surface area contributed by atoms with Gasteiger partial charge in [-0.05, 0) is 11.6 Å². The van der Waals surface area contributed by atoms with Crippen LogP contribution in [0.4, 0.5) is 11.4 Å². The molecule has 0 unspecified atom stereocenters. The number of fused-ring (bicyclic) bond motifs is 1. The fourth-order valence-electron chi connectivity index (χ4n) is 2.03. The Morgan fingerprint density at radius 3 is 3.19 bits per heavy atom. The van der Waals surface area contributed by atoms with Crippen LogP contribution in [0.2, 0.25) is 0 Å². The van der Waals surface area contributed by atoms with E-state index in [0.717, 1.165) is 31.0 Å². The molecule has 86 valence electrons. The molecule has 1 aromatic carbocycles. The van der Waals surface area contributed by atoms with E-state index in [1.165, 1.54) is 5.56 Å². The van der Waals surface area contributed by atoms with Gasteiger partial charge in [-0.3, -0.25) is 0 Å². The lowest BCUT2D eigenvalue weighted by molar-refractivity contribution is 0.142. The number of nitrogens with one attached hydrogen (secondary N) is 2. The van der Waals surface area contributed by atoms with Crippen LogP contribution in [0.15, 0.2) is 12.1 Å². The Morgan fingerprint density at radius 2 is 2.38 bits per heavy atom. The molecule has 1 atom stereocenters. The van der Waals surface area contributed by atoms with E-state index < -0.39 is 0 Å². The average molecular weight is 221 g/mol. The topological polar surface area (TPSA) is 68.5 Å². The monoisotopic (exact) mass is 221 g/mol. The number of hydrogen-bond acceptors (Lipinski definition) is 5. The number of rotatable bonds is 2. The van der Waals surface area contributed by atoms with Crippen LogP contribution in [0.1, 0.15) is 12.0 Å². The van der Waals surface area contributed by atoms with Crippen molar-refractivity contribution >= 4 is 11.4 Å². The van der Waals surface area contributed by atoms with Gasteiger partial charge >= 0.3 is 0 Å². The summed E-state index contributed by atoms with van der Waals surface area (Å²) in [7, 11) is 0. The molecule has 0 saturated carbocycles. The molecular formula is C11H15N3O2. The third-order valence-corrected chi connectivity index (χ3v) is 2.92. The van der Waals surface area contributed by atoms with Crippen molar-refractivity contribution < 1.29 is 9.47 Å². The van der Waals surface area contributed by atoms with Crippen LogP contribution in [0.25, 0.3) is 0 Å². The van der Waals surface area contributed by atoms with Gasteiger partial charge in [0.15, 0.2) is 0 Å². The first kappa shape index (κ1) is 9.74. The van der Waals surface area contributed by atoms with E-state index in [-0.39, 0.29) is 6.10 Å². The van der Waals surface area contributed by atoms with Crippen LogP contribution in [0, 0.1) is 0 Å². The smallest absolute Gasteiger partial charge is 0.144 e. The third kappa shape index (κ3) is 1.68. The SMILES string of the molecule is Nc1cc2c(cc1O[C@H]1CCOC1)NNC2. The van der Waals surface area contributed by atoms with Crippen molar-refractivity contribution in [1.29, 1.82) is 0 Å². The minimum Gasteiger partial charge on any atom is -0.486 e. The quantitative estimate of drug-likeness (QED) is 0.646. The van der Waals surface area contributed by atoms with E-state index in [1.54, 1.807) is 0 Å².